The van der Waals surface area contributed by atoms with Gasteiger partial charge in [-0.15, -0.1) is 0 Å². The Bertz CT molecular complexity index is 863. The van der Waals surface area contributed by atoms with Gasteiger partial charge in [-0.1, -0.05) is 19.9 Å². The summed E-state index contributed by atoms with van der Waals surface area (Å²) >= 11 is 0. The van der Waals surface area contributed by atoms with Crippen LogP contribution in [0.4, 0.5) is 5.95 Å². The normalized spacial score (nSPS) is 11.4. The lowest BCUT2D eigenvalue weighted by Crippen LogP contribution is -2.11. The van der Waals surface area contributed by atoms with Gasteiger partial charge in [0.15, 0.2) is 11.5 Å². The second-order valence-corrected chi connectivity index (χ2v) is 6.73. The molecule has 0 unspecified atom stereocenters. The number of allylic oxidation sites excluding steroid dienone is 1. The summed E-state index contributed by atoms with van der Waals surface area (Å²) in [5.41, 5.74) is 2.66. The van der Waals surface area contributed by atoms with Crippen molar-refractivity contribution in [3.05, 3.63) is 47.3 Å². The third-order valence-electron chi connectivity index (χ3n) is 4.14. The van der Waals surface area contributed by atoms with Crippen molar-refractivity contribution < 1.29 is 14.6 Å². The highest BCUT2D eigenvalue weighted by atomic mass is 16.5. The molecular weight excluding hydrogens is 356 g/mol. The Labute approximate surface area is 166 Å². The summed E-state index contributed by atoms with van der Waals surface area (Å²) in [6, 6.07) is 5.83. The van der Waals surface area contributed by atoms with E-state index in [9.17, 15) is 5.11 Å². The fourth-order valence-electron chi connectivity index (χ4n) is 2.76. The Hall–Kier alpha value is -3.09. The number of hydrogen-bond acceptors (Lipinski definition) is 7. The van der Waals surface area contributed by atoms with Gasteiger partial charge in [0.2, 0.25) is 5.95 Å². The van der Waals surface area contributed by atoms with Gasteiger partial charge < -0.3 is 25.3 Å². The molecule has 0 atom stereocenters. The third-order valence-corrected chi connectivity index (χ3v) is 4.14. The molecule has 0 saturated heterocycles. The number of nitrogens with one attached hydrogen (secondary N) is 2. The minimum atomic E-state index is 0.00748. The van der Waals surface area contributed by atoms with Gasteiger partial charge in [-0.05, 0) is 37.0 Å². The molecule has 2 rings (SSSR count). The zero-order valence-corrected chi connectivity index (χ0v) is 17.0. The molecule has 1 aromatic heterocycles. The molecule has 0 bridgehead atoms. The molecule has 7 heteroatoms. The smallest absolute Gasteiger partial charge is 0.222 e. The van der Waals surface area contributed by atoms with Gasteiger partial charge in [-0.25, -0.2) is 9.97 Å². The van der Waals surface area contributed by atoms with Crippen molar-refractivity contribution >= 4 is 17.4 Å². The van der Waals surface area contributed by atoms with Crippen molar-refractivity contribution in [3.8, 4) is 11.5 Å². The van der Waals surface area contributed by atoms with Gasteiger partial charge >= 0.3 is 0 Å². The van der Waals surface area contributed by atoms with Crippen LogP contribution in [-0.4, -0.2) is 41.6 Å². The van der Waals surface area contributed by atoms with E-state index in [2.05, 4.69) is 15.3 Å². The molecule has 0 aliphatic carbocycles. The molecule has 150 valence electrons. The van der Waals surface area contributed by atoms with Gasteiger partial charge in [-0.2, -0.15) is 0 Å². The van der Waals surface area contributed by atoms with E-state index >= 15 is 0 Å². The molecule has 3 N–H and O–H groups in total. The minimum absolute atomic E-state index is 0.00748. The first-order chi connectivity index (χ1) is 13.3. The molecule has 0 aliphatic heterocycles. The fourth-order valence-corrected chi connectivity index (χ4v) is 2.76. The predicted molar refractivity (Wildman–Crippen MR) is 112 cm³/mol. The average molecular weight is 384 g/mol. The van der Waals surface area contributed by atoms with Crippen molar-refractivity contribution in [1.29, 1.82) is 5.41 Å². The summed E-state index contributed by atoms with van der Waals surface area (Å²) in [5.74, 6) is 2.02. The molecular formula is C21H28N4O3. The highest BCUT2D eigenvalue weighted by Gasteiger charge is 2.14. The van der Waals surface area contributed by atoms with Crippen LogP contribution in [0.2, 0.25) is 0 Å². The van der Waals surface area contributed by atoms with E-state index in [1.165, 1.54) is 6.08 Å². The van der Waals surface area contributed by atoms with E-state index in [0.717, 1.165) is 17.7 Å². The van der Waals surface area contributed by atoms with E-state index in [1.54, 1.807) is 27.3 Å². The van der Waals surface area contributed by atoms with Crippen molar-refractivity contribution in [2.24, 2.45) is 0 Å². The topological polar surface area (TPSA) is 100 Å². The summed E-state index contributed by atoms with van der Waals surface area (Å²) in [4.78, 5) is 8.86. The number of ether oxygens (including phenoxy) is 2. The van der Waals surface area contributed by atoms with Crippen LogP contribution < -0.4 is 14.8 Å². The number of nitrogens with zero attached hydrogens (tertiary/aromatic N) is 2. The van der Waals surface area contributed by atoms with Gasteiger partial charge in [0.1, 0.15) is 5.76 Å². The standard InChI is InChI=1S/C21H28N4O3/c1-13(2)20-16(17(26)10-14(3)22)12-24-21(25-20)23-9-8-15-6-7-18(27-4)19(11-15)28-5/h6-7,10-13,22,26H,8-9H2,1-5H3,(H,23,24,25)/b17-10-,22-14?. The summed E-state index contributed by atoms with van der Waals surface area (Å²) in [6.45, 7) is 6.26. The largest absolute Gasteiger partial charge is 0.507 e. The lowest BCUT2D eigenvalue weighted by Gasteiger charge is -2.14. The molecule has 1 aromatic carbocycles. The first-order valence-electron chi connectivity index (χ1n) is 9.13. The lowest BCUT2D eigenvalue weighted by molar-refractivity contribution is 0.354. The number of hydrogen-bond donors (Lipinski definition) is 3. The summed E-state index contributed by atoms with van der Waals surface area (Å²) < 4.78 is 10.6. The molecule has 7 nitrogen and oxygen atoms in total. The maximum atomic E-state index is 10.2. The van der Waals surface area contributed by atoms with Crippen LogP contribution in [0.5, 0.6) is 11.5 Å². The van der Waals surface area contributed by atoms with Crippen LogP contribution >= 0.6 is 0 Å². The Morgan fingerprint density at radius 2 is 1.96 bits per heavy atom. The summed E-state index contributed by atoms with van der Waals surface area (Å²) in [7, 11) is 3.23. The highest BCUT2D eigenvalue weighted by molar-refractivity contribution is 5.95. The molecule has 0 saturated carbocycles. The highest BCUT2D eigenvalue weighted by Crippen LogP contribution is 2.28. The summed E-state index contributed by atoms with van der Waals surface area (Å²) in [5, 5.41) is 21.0. The van der Waals surface area contributed by atoms with Crippen LogP contribution in [0.15, 0.2) is 30.5 Å². The van der Waals surface area contributed by atoms with Crippen molar-refractivity contribution in [2.75, 3.05) is 26.1 Å². The lowest BCUT2D eigenvalue weighted by atomic mass is 10.0. The van der Waals surface area contributed by atoms with E-state index in [0.29, 0.717) is 29.6 Å². The van der Waals surface area contributed by atoms with Crippen molar-refractivity contribution in [2.45, 2.75) is 33.1 Å². The molecule has 1 heterocycles. The van der Waals surface area contributed by atoms with Crippen LogP contribution in [0.1, 0.15) is 43.5 Å². The zero-order valence-electron chi connectivity index (χ0n) is 17.0. The van der Waals surface area contributed by atoms with E-state index in [1.807, 2.05) is 32.0 Å². The maximum absolute atomic E-state index is 10.2. The third kappa shape index (κ3) is 5.45. The zero-order chi connectivity index (χ0) is 20.7. The number of methoxy groups -OCH3 is 2. The molecule has 0 fully saturated rings. The number of anilines is 1. The Morgan fingerprint density at radius 3 is 2.57 bits per heavy atom. The van der Waals surface area contributed by atoms with Crippen LogP contribution in [0.3, 0.4) is 0 Å². The quantitative estimate of drug-likeness (QED) is 0.442. The van der Waals surface area contributed by atoms with Gasteiger partial charge in [0.25, 0.3) is 0 Å². The number of benzene rings is 1. The second-order valence-electron chi connectivity index (χ2n) is 6.73. The first kappa shape index (κ1) is 21.2. The van der Waals surface area contributed by atoms with Crippen LogP contribution in [0.25, 0.3) is 5.76 Å². The number of rotatable bonds is 9. The van der Waals surface area contributed by atoms with Crippen LogP contribution in [0, 0.1) is 5.41 Å². The van der Waals surface area contributed by atoms with E-state index in [-0.39, 0.29) is 17.4 Å². The molecule has 0 aliphatic rings. The summed E-state index contributed by atoms with van der Waals surface area (Å²) in [6.07, 6.45) is 3.76. The second kappa shape index (κ2) is 9.73. The Morgan fingerprint density at radius 1 is 1.25 bits per heavy atom. The van der Waals surface area contributed by atoms with E-state index < -0.39 is 0 Å². The van der Waals surface area contributed by atoms with Crippen molar-refractivity contribution in [3.63, 3.8) is 0 Å². The average Bonchev–Trinajstić information content (AvgIpc) is 2.67. The van der Waals surface area contributed by atoms with E-state index in [4.69, 9.17) is 14.9 Å². The van der Waals surface area contributed by atoms with Gasteiger partial charge in [-0.3, -0.25) is 0 Å². The van der Waals surface area contributed by atoms with Crippen molar-refractivity contribution in [1.82, 2.24) is 9.97 Å². The minimum Gasteiger partial charge on any atom is -0.507 e. The molecule has 28 heavy (non-hydrogen) atoms. The maximum Gasteiger partial charge on any atom is 0.222 e. The fraction of sp³-hybridized carbons (Fsp3) is 0.381. The monoisotopic (exact) mass is 384 g/mol. The molecule has 0 spiro atoms. The number of aliphatic hydroxyl groups is 1. The molecule has 0 radical (unpaired) electrons. The Kier molecular flexibility index (Phi) is 7.37. The van der Waals surface area contributed by atoms with Gasteiger partial charge in [0.05, 0.1) is 25.5 Å². The number of aromatic nitrogens is 2. The number of aliphatic hydroxyl groups excluding tert-OH is 1. The molecule has 2 aromatic rings. The van der Waals surface area contributed by atoms with Crippen LogP contribution in [-0.2, 0) is 6.42 Å². The SMILES string of the molecule is COc1ccc(CCNc2ncc(/C(O)=C/C(C)=N)c(C(C)C)n2)cc1OC. The van der Waals surface area contributed by atoms with Gasteiger partial charge in [0, 0.05) is 24.5 Å². The Balaban J connectivity index is 2.11. The first-order valence-corrected chi connectivity index (χ1v) is 9.13. The molecule has 0 amide bonds. The predicted octanol–water partition coefficient (Wildman–Crippen LogP) is 4.21.